The van der Waals surface area contributed by atoms with E-state index in [1.54, 1.807) is 18.2 Å². The molecule has 0 amide bonds. The Hall–Kier alpha value is -2.79. The van der Waals surface area contributed by atoms with E-state index in [0.717, 1.165) is 16.7 Å². The predicted octanol–water partition coefficient (Wildman–Crippen LogP) is 4.93. The van der Waals surface area contributed by atoms with Crippen LogP contribution in [-0.4, -0.2) is 9.55 Å². The molecule has 0 radical (unpaired) electrons. The summed E-state index contributed by atoms with van der Waals surface area (Å²) in [6.07, 6.45) is 1.50. The van der Waals surface area contributed by atoms with Crippen LogP contribution in [0.2, 0.25) is 0 Å². The maximum Gasteiger partial charge on any atom is 0.263 e. The molecule has 0 fully saturated rings. The van der Waals surface area contributed by atoms with Crippen LogP contribution in [0.4, 0.5) is 4.39 Å². The lowest BCUT2D eigenvalue weighted by atomic mass is 9.99. The molecule has 130 valence electrons. The van der Waals surface area contributed by atoms with Crippen LogP contribution in [-0.2, 0) is 6.54 Å². The third-order valence-electron chi connectivity index (χ3n) is 4.53. The summed E-state index contributed by atoms with van der Waals surface area (Å²) in [6, 6.07) is 12.7. The van der Waals surface area contributed by atoms with E-state index in [1.165, 1.54) is 33.9 Å². The molecule has 0 aliphatic carbocycles. The fourth-order valence-corrected chi connectivity index (χ4v) is 4.10. The molecule has 26 heavy (non-hydrogen) atoms. The lowest BCUT2D eigenvalue weighted by Gasteiger charge is -2.09. The lowest BCUT2D eigenvalue weighted by molar-refractivity contribution is 0.595. The largest absolute Gasteiger partial charge is 0.294 e. The Morgan fingerprint density at radius 3 is 2.69 bits per heavy atom. The molecule has 0 saturated heterocycles. The van der Waals surface area contributed by atoms with Crippen LogP contribution in [0.1, 0.15) is 16.7 Å². The van der Waals surface area contributed by atoms with Gasteiger partial charge in [-0.2, -0.15) is 0 Å². The quantitative estimate of drug-likeness (QED) is 0.517. The summed E-state index contributed by atoms with van der Waals surface area (Å²) >= 11 is 1.46. The number of hydrogen-bond donors (Lipinski definition) is 0. The number of nitrogens with zero attached hydrogens (tertiary/aromatic N) is 2. The monoisotopic (exact) mass is 364 g/mol. The maximum absolute atomic E-state index is 14.0. The minimum atomic E-state index is -0.320. The van der Waals surface area contributed by atoms with Gasteiger partial charge >= 0.3 is 0 Å². The van der Waals surface area contributed by atoms with Crippen LogP contribution in [0.5, 0.6) is 0 Å². The summed E-state index contributed by atoms with van der Waals surface area (Å²) in [4.78, 5) is 18.2. The Bertz CT molecular complexity index is 1180. The second-order valence-corrected chi connectivity index (χ2v) is 7.28. The van der Waals surface area contributed by atoms with E-state index in [9.17, 15) is 9.18 Å². The number of aryl methyl sites for hydroxylation is 2. The van der Waals surface area contributed by atoms with E-state index in [0.29, 0.717) is 15.8 Å². The molecule has 2 heterocycles. The van der Waals surface area contributed by atoms with Gasteiger partial charge < -0.3 is 0 Å². The number of thiophene rings is 1. The molecule has 0 N–H and O–H groups in total. The highest BCUT2D eigenvalue weighted by Gasteiger charge is 2.15. The second-order valence-electron chi connectivity index (χ2n) is 6.42. The third-order valence-corrected chi connectivity index (χ3v) is 5.42. The first-order valence-corrected chi connectivity index (χ1v) is 9.20. The highest BCUT2D eigenvalue weighted by molar-refractivity contribution is 7.17. The van der Waals surface area contributed by atoms with Gasteiger partial charge in [0.15, 0.2) is 0 Å². The van der Waals surface area contributed by atoms with Crippen molar-refractivity contribution in [2.75, 3.05) is 0 Å². The van der Waals surface area contributed by atoms with Crippen LogP contribution in [0, 0.1) is 19.7 Å². The minimum absolute atomic E-state index is 0.144. The van der Waals surface area contributed by atoms with Gasteiger partial charge in [-0.3, -0.25) is 9.36 Å². The Balaban J connectivity index is 1.87. The topological polar surface area (TPSA) is 34.9 Å². The molecule has 0 aliphatic heterocycles. The van der Waals surface area contributed by atoms with Crippen molar-refractivity contribution in [2.24, 2.45) is 0 Å². The van der Waals surface area contributed by atoms with Gasteiger partial charge in [-0.05, 0) is 31.0 Å². The molecule has 5 heteroatoms. The van der Waals surface area contributed by atoms with Gasteiger partial charge in [0.05, 0.1) is 18.3 Å². The van der Waals surface area contributed by atoms with Crippen molar-refractivity contribution < 1.29 is 4.39 Å². The van der Waals surface area contributed by atoms with Gasteiger partial charge in [-0.25, -0.2) is 9.37 Å². The second kappa shape index (κ2) is 6.50. The first-order valence-electron chi connectivity index (χ1n) is 8.32. The van der Waals surface area contributed by atoms with Crippen LogP contribution in [0.25, 0.3) is 21.3 Å². The summed E-state index contributed by atoms with van der Waals surface area (Å²) in [5, 5.41) is 2.57. The molecule has 0 bridgehead atoms. The number of benzene rings is 2. The van der Waals surface area contributed by atoms with E-state index in [4.69, 9.17) is 0 Å². The van der Waals surface area contributed by atoms with E-state index >= 15 is 0 Å². The highest BCUT2D eigenvalue weighted by atomic mass is 32.1. The lowest BCUT2D eigenvalue weighted by Crippen LogP contribution is -2.21. The number of halogens is 1. The predicted molar refractivity (Wildman–Crippen MR) is 104 cm³/mol. The number of hydrogen-bond acceptors (Lipinski definition) is 3. The molecule has 2 aromatic heterocycles. The summed E-state index contributed by atoms with van der Waals surface area (Å²) in [5.74, 6) is -0.320. The highest BCUT2D eigenvalue weighted by Crippen LogP contribution is 2.33. The van der Waals surface area contributed by atoms with Crippen LogP contribution in [0.3, 0.4) is 0 Å². The molecular weight excluding hydrogens is 347 g/mol. The number of aromatic nitrogens is 2. The van der Waals surface area contributed by atoms with E-state index in [2.05, 4.69) is 11.1 Å². The summed E-state index contributed by atoms with van der Waals surface area (Å²) < 4.78 is 15.4. The Morgan fingerprint density at radius 1 is 1.12 bits per heavy atom. The van der Waals surface area contributed by atoms with Crippen LogP contribution >= 0.6 is 11.3 Å². The van der Waals surface area contributed by atoms with E-state index in [1.807, 2.05) is 31.4 Å². The smallest absolute Gasteiger partial charge is 0.263 e. The SMILES string of the molecule is Cc1ccc(-c2csc3ncn(Cc4ccccc4F)c(=O)c23)c(C)c1. The number of rotatable bonds is 3. The molecule has 0 unspecified atom stereocenters. The molecule has 2 aromatic carbocycles. The fourth-order valence-electron chi connectivity index (χ4n) is 3.20. The van der Waals surface area contributed by atoms with Crippen molar-refractivity contribution in [3.8, 4) is 11.1 Å². The first kappa shape index (κ1) is 16.7. The third kappa shape index (κ3) is 2.84. The van der Waals surface area contributed by atoms with Gasteiger partial charge in [-0.1, -0.05) is 42.0 Å². The molecule has 0 saturated carbocycles. The Labute approximate surface area is 154 Å². The zero-order valence-corrected chi connectivity index (χ0v) is 15.3. The molecule has 4 aromatic rings. The van der Waals surface area contributed by atoms with Crippen molar-refractivity contribution in [3.05, 3.63) is 87.0 Å². The maximum atomic E-state index is 14.0. The van der Waals surface area contributed by atoms with Gasteiger partial charge in [0.1, 0.15) is 10.6 Å². The van der Waals surface area contributed by atoms with Gasteiger partial charge in [0.25, 0.3) is 5.56 Å². The summed E-state index contributed by atoms with van der Waals surface area (Å²) in [5.41, 5.74) is 4.55. The van der Waals surface area contributed by atoms with Gasteiger partial charge in [0.2, 0.25) is 0 Å². The van der Waals surface area contributed by atoms with Gasteiger partial charge in [-0.15, -0.1) is 11.3 Å². The first-order chi connectivity index (χ1) is 12.5. The van der Waals surface area contributed by atoms with Crippen molar-refractivity contribution in [1.29, 1.82) is 0 Å². The number of fused-ring (bicyclic) bond motifs is 1. The van der Waals surface area contributed by atoms with Crippen molar-refractivity contribution in [2.45, 2.75) is 20.4 Å². The van der Waals surface area contributed by atoms with Crippen molar-refractivity contribution in [1.82, 2.24) is 9.55 Å². The molecule has 0 atom stereocenters. The summed E-state index contributed by atoms with van der Waals surface area (Å²) in [6.45, 7) is 4.25. The van der Waals surface area contributed by atoms with Gasteiger partial charge in [0, 0.05) is 16.5 Å². The molecule has 3 nitrogen and oxygen atoms in total. The summed E-state index contributed by atoms with van der Waals surface area (Å²) in [7, 11) is 0. The van der Waals surface area contributed by atoms with E-state index < -0.39 is 0 Å². The Kier molecular flexibility index (Phi) is 4.17. The molecule has 0 spiro atoms. The van der Waals surface area contributed by atoms with Crippen molar-refractivity contribution in [3.63, 3.8) is 0 Å². The van der Waals surface area contributed by atoms with E-state index in [-0.39, 0.29) is 17.9 Å². The average molecular weight is 364 g/mol. The Morgan fingerprint density at radius 2 is 1.92 bits per heavy atom. The molecule has 0 aliphatic rings. The standard InChI is InChI=1S/C21H17FN2OS/c1-13-7-8-16(14(2)9-13)17-11-26-20-19(17)21(25)24(12-23-20)10-15-5-3-4-6-18(15)22/h3-9,11-12H,10H2,1-2H3. The van der Waals surface area contributed by atoms with Crippen LogP contribution in [0.15, 0.2) is 59.0 Å². The zero-order chi connectivity index (χ0) is 18.3. The average Bonchev–Trinajstić information content (AvgIpc) is 3.04. The fraction of sp³-hybridized carbons (Fsp3) is 0.143. The normalized spacial score (nSPS) is 11.2. The van der Waals surface area contributed by atoms with Crippen molar-refractivity contribution >= 4 is 21.6 Å². The molecular formula is C21H17FN2OS. The zero-order valence-electron chi connectivity index (χ0n) is 14.5. The molecule has 4 rings (SSSR count). The van der Waals surface area contributed by atoms with Crippen LogP contribution < -0.4 is 5.56 Å². The minimum Gasteiger partial charge on any atom is -0.294 e.